The highest BCUT2D eigenvalue weighted by atomic mass is 32.1. The summed E-state index contributed by atoms with van der Waals surface area (Å²) in [6.07, 6.45) is 3.89. The molecular weight excluding hydrogens is 358 g/mol. The summed E-state index contributed by atoms with van der Waals surface area (Å²) in [5.41, 5.74) is 1.82. The van der Waals surface area contributed by atoms with Gasteiger partial charge in [-0.05, 0) is 13.3 Å². The van der Waals surface area contributed by atoms with Crippen LogP contribution in [0.4, 0.5) is 0 Å². The second kappa shape index (κ2) is 9.87. The number of rotatable bonds is 8. The molecule has 0 saturated carbocycles. The molecule has 1 aromatic carbocycles. The maximum Gasteiger partial charge on any atom is 0.191 e. The number of aliphatic imine (C=N–C) groups is 1. The summed E-state index contributed by atoms with van der Waals surface area (Å²) in [6, 6.07) is 11.9. The molecule has 0 amide bonds. The molecule has 7 heteroatoms. The summed E-state index contributed by atoms with van der Waals surface area (Å²) in [6.45, 7) is 6.25. The molecule has 0 radical (unpaired) electrons. The quantitative estimate of drug-likeness (QED) is 0.459. The molecule has 0 aliphatic heterocycles. The summed E-state index contributed by atoms with van der Waals surface area (Å²) in [4.78, 5) is 10.4. The van der Waals surface area contributed by atoms with Gasteiger partial charge in [0.25, 0.3) is 0 Å². The van der Waals surface area contributed by atoms with E-state index in [4.69, 9.17) is 4.52 Å². The zero-order valence-corrected chi connectivity index (χ0v) is 16.6. The van der Waals surface area contributed by atoms with Gasteiger partial charge in [0, 0.05) is 42.2 Å². The number of thiazole rings is 1. The lowest BCUT2D eigenvalue weighted by atomic mass is 10.2. The molecule has 2 aromatic heterocycles. The Morgan fingerprint density at radius 3 is 2.78 bits per heavy atom. The maximum absolute atomic E-state index is 5.43. The van der Waals surface area contributed by atoms with Crippen LogP contribution in [0.3, 0.4) is 0 Å². The predicted octanol–water partition coefficient (Wildman–Crippen LogP) is 3.66. The molecule has 0 aliphatic carbocycles. The number of guanidine groups is 1. The van der Waals surface area contributed by atoms with E-state index < -0.39 is 0 Å². The molecule has 0 bridgehead atoms. The van der Waals surface area contributed by atoms with Gasteiger partial charge in [0.2, 0.25) is 0 Å². The zero-order chi connectivity index (χ0) is 18.9. The van der Waals surface area contributed by atoms with Crippen molar-refractivity contribution in [2.24, 2.45) is 4.99 Å². The molecule has 0 aliphatic rings. The monoisotopic (exact) mass is 383 g/mol. The molecule has 0 spiro atoms. The standard InChI is InChI=1S/C20H25N5OS/c1-3-17-14-23-19(27-17)10-11-22-20(21-4-2)24-13-16-12-18(26-25-16)15-8-6-5-7-9-15/h5-9,12,14H,3-4,10-11,13H2,1-2H3,(H2,21,22,24). The Kier molecular flexibility index (Phi) is 6.98. The average Bonchev–Trinajstić information content (AvgIpc) is 3.36. The average molecular weight is 384 g/mol. The fourth-order valence-corrected chi connectivity index (χ4v) is 3.40. The fourth-order valence-electron chi connectivity index (χ4n) is 2.54. The fraction of sp³-hybridized carbons (Fsp3) is 0.350. The van der Waals surface area contributed by atoms with Crippen molar-refractivity contribution in [3.63, 3.8) is 0 Å². The van der Waals surface area contributed by atoms with Gasteiger partial charge in [0.1, 0.15) is 5.69 Å². The minimum Gasteiger partial charge on any atom is -0.357 e. The number of benzene rings is 1. The van der Waals surface area contributed by atoms with E-state index in [0.717, 1.165) is 53.9 Å². The highest BCUT2D eigenvalue weighted by molar-refractivity contribution is 7.11. The van der Waals surface area contributed by atoms with Crippen LogP contribution in [0.5, 0.6) is 0 Å². The molecule has 3 aromatic rings. The molecule has 0 atom stereocenters. The van der Waals surface area contributed by atoms with E-state index in [-0.39, 0.29) is 0 Å². The second-order valence-corrected chi connectivity index (χ2v) is 7.19. The van der Waals surface area contributed by atoms with Gasteiger partial charge in [0.15, 0.2) is 11.7 Å². The van der Waals surface area contributed by atoms with Crippen LogP contribution in [0.25, 0.3) is 11.3 Å². The molecule has 142 valence electrons. The summed E-state index contributed by atoms with van der Waals surface area (Å²) in [5.74, 6) is 1.53. The Balaban J connectivity index is 1.54. The molecule has 2 heterocycles. The molecule has 6 nitrogen and oxygen atoms in total. The van der Waals surface area contributed by atoms with Crippen LogP contribution in [0, 0.1) is 0 Å². The van der Waals surface area contributed by atoms with Crippen molar-refractivity contribution in [3.8, 4) is 11.3 Å². The summed E-state index contributed by atoms with van der Waals surface area (Å²) in [5, 5.41) is 11.9. The van der Waals surface area contributed by atoms with Crippen LogP contribution in [-0.2, 0) is 19.4 Å². The summed E-state index contributed by atoms with van der Waals surface area (Å²) < 4.78 is 5.43. The first-order chi connectivity index (χ1) is 13.3. The van der Waals surface area contributed by atoms with Crippen molar-refractivity contribution in [2.75, 3.05) is 13.1 Å². The van der Waals surface area contributed by atoms with Crippen LogP contribution in [-0.4, -0.2) is 29.2 Å². The normalized spacial score (nSPS) is 11.6. The Morgan fingerprint density at radius 2 is 2.04 bits per heavy atom. The van der Waals surface area contributed by atoms with E-state index in [2.05, 4.69) is 39.6 Å². The molecule has 3 rings (SSSR count). The largest absolute Gasteiger partial charge is 0.357 e. The van der Waals surface area contributed by atoms with Crippen molar-refractivity contribution in [3.05, 3.63) is 58.2 Å². The van der Waals surface area contributed by atoms with Gasteiger partial charge in [-0.3, -0.25) is 0 Å². The number of aryl methyl sites for hydroxylation is 1. The number of nitrogens with one attached hydrogen (secondary N) is 2. The first-order valence-electron chi connectivity index (χ1n) is 9.25. The van der Waals surface area contributed by atoms with Crippen LogP contribution in [0.1, 0.15) is 29.4 Å². The number of hydrogen-bond acceptors (Lipinski definition) is 5. The smallest absolute Gasteiger partial charge is 0.191 e. The van der Waals surface area contributed by atoms with Gasteiger partial charge in [-0.25, -0.2) is 9.98 Å². The van der Waals surface area contributed by atoms with E-state index in [1.165, 1.54) is 4.88 Å². The minimum atomic E-state index is 0.461. The third-order valence-corrected chi connectivity index (χ3v) is 5.14. The Bertz CT molecular complexity index is 856. The van der Waals surface area contributed by atoms with Gasteiger partial charge < -0.3 is 15.2 Å². The van der Waals surface area contributed by atoms with Crippen LogP contribution in [0.2, 0.25) is 0 Å². The Hall–Kier alpha value is -2.67. The van der Waals surface area contributed by atoms with Crippen LogP contribution in [0.15, 0.2) is 52.1 Å². The number of aromatic nitrogens is 2. The van der Waals surface area contributed by atoms with Crippen molar-refractivity contribution >= 4 is 17.3 Å². The first kappa shape index (κ1) is 19.1. The topological polar surface area (TPSA) is 75.3 Å². The predicted molar refractivity (Wildman–Crippen MR) is 110 cm³/mol. The second-order valence-electron chi connectivity index (χ2n) is 5.99. The van der Waals surface area contributed by atoms with E-state index in [1.807, 2.05) is 42.6 Å². The number of hydrogen-bond donors (Lipinski definition) is 2. The third kappa shape index (κ3) is 5.65. The molecule has 0 saturated heterocycles. The molecule has 0 unspecified atom stereocenters. The molecule has 2 N–H and O–H groups in total. The van der Waals surface area contributed by atoms with Gasteiger partial charge >= 0.3 is 0 Å². The SMILES string of the molecule is CCNC(=NCc1cc(-c2ccccc2)on1)NCCc1ncc(CC)s1. The minimum absolute atomic E-state index is 0.461. The van der Waals surface area contributed by atoms with Gasteiger partial charge in [-0.2, -0.15) is 0 Å². The van der Waals surface area contributed by atoms with Crippen molar-refractivity contribution in [2.45, 2.75) is 33.2 Å². The highest BCUT2D eigenvalue weighted by Gasteiger charge is 2.07. The molecule has 0 fully saturated rings. The van der Waals surface area contributed by atoms with Gasteiger partial charge in [-0.15, -0.1) is 11.3 Å². The van der Waals surface area contributed by atoms with E-state index in [0.29, 0.717) is 6.54 Å². The Morgan fingerprint density at radius 1 is 1.19 bits per heavy atom. The van der Waals surface area contributed by atoms with Gasteiger partial charge in [-0.1, -0.05) is 42.4 Å². The van der Waals surface area contributed by atoms with Gasteiger partial charge in [0.05, 0.1) is 11.6 Å². The summed E-state index contributed by atoms with van der Waals surface area (Å²) >= 11 is 1.77. The Labute approximate surface area is 163 Å². The summed E-state index contributed by atoms with van der Waals surface area (Å²) in [7, 11) is 0. The third-order valence-electron chi connectivity index (χ3n) is 3.94. The zero-order valence-electron chi connectivity index (χ0n) is 15.7. The van der Waals surface area contributed by atoms with Crippen LogP contribution < -0.4 is 10.6 Å². The van der Waals surface area contributed by atoms with E-state index >= 15 is 0 Å². The molecule has 27 heavy (non-hydrogen) atoms. The maximum atomic E-state index is 5.43. The lowest BCUT2D eigenvalue weighted by Crippen LogP contribution is -2.38. The van der Waals surface area contributed by atoms with Crippen molar-refractivity contribution < 1.29 is 4.52 Å². The van der Waals surface area contributed by atoms with Crippen molar-refractivity contribution in [1.29, 1.82) is 0 Å². The lowest BCUT2D eigenvalue weighted by molar-refractivity contribution is 0.424. The first-order valence-corrected chi connectivity index (χ1v) is 10.1. The van der Waals surface area contributed by atoms with E-state index in [9.17, 15) is 0 Å². The van der Waals surface area contributed by atoms with E-state index in [1.54, 1.807) is 11.3 Å². The highest BCUT2D eigenvalue weighted by Crippen LogP contribution is 2.20. The molecular formula is C20H25N5OS. The van der Waals surface area contributed by atoms with Crippen molar-refractivity contribution in [1.82, 2.24) is 20.8 Å². The lowest BCUT2D eigenvalue weighted by Gasteiger charge is -2.10. The number of nitrogens with zero attached hydrogens (tertiary/aromatic N) is 3. The van der Waals surface area contributed by atoms with Crippen LogP contribution >= 0.6 is 11.3 Å².